The lowest BCUT2D eigenvalue weighted by Crippen LogP contribution is -2.26. The Morgan fingerprint density at radius 1 is 1.43 bits per heavy atom. The summed E-state index contributed by atoms with van der Waals surface area (Å²) in [5.41, 5.74) is 0.659. The molecule has 0 radical (unpaired) electrons. The van der Waals surface area contributed by atoms with Crippen molar-refractivity contribution in [2.24, 2.45) is 0 Å². The zero-order chi connectivity index (χ0) is 15.4. The van der Waals surface area contributed by atoms with Gasteiger partial charge < -0.3 is 9.64 Å². The molecule has 0 fully saturated rings. The summed E-state index contributed by atoms with van der Waals surface area (Å²) in [6.07, 6.45) is 1.90. The third-order valence-corrected chi connectivity index (χ3v) is 3.30. The number of rotatable bonds is 4. The van der Waals surface area contributed by atoms with Gasteiger partial charge in [0.25, 0.3) is 0 Å². The molecule has 0 saturated heterocycles. The molecule has 1 heterocycles. The van der Waals surface area contributed by atoms with Crippen LogP contribution in [0.4, 0.5) is 4.79 Å². The molecule has 2 rings (SSSR count). The van der Waals surface area contributed by atoms with E-state index in [4.69, 9.17) is 27.9 Å². The Kier molecular flexibility index (Phi) is 5.03. The van der Waals surface area contributed by atoms with Gasteiger partial charge in [0.1, 0.15) is 18.8 Å². The molecule has 1 unspecified atom stereocenters. The Morgan fingerprint density at radius 3 is 2.76 bits per heavy atom. The molecule has 0 spiro atoms. The van der Waals surface area contributed by atoms with Crippen molar-refractivity contribution in [3.63, 3.8) is 0 Å². The maximum Gasteiger partial charge on any atom is 0.409 e. The van der Waals surface area contributed by atoms with E-state index in [9.17, 15) is 4.79 Å². The average Bonchev–Trinajstić information content (AvgIpc) is 2.90. The van der Waals surface area contributed by atoms with Gasteiger partial charge in [-0.3, -0.25) is 0 Å². The number of amides is 1. The first-order valence-electron chi connectivity index (χ1n) is 6.12. The molecule has 0 saturated carbocycles. The Balaban J connectivity index is 2.28. The van der Waals surface area contributed by atoms with Crippen LogP contribution >= 0.6 is 23.2 Å². The summed E-state index contributed by atoms with van der Waals surface area (Å²) in [5, 5.41) is 4.96. The second-order valence-electron chi connectivity index (χ2n) is 4.55. The largest absolute Gasteiger partial charge is 0.439 e. The van der Waals surface area contributed by atoms with E-state index in [0.29, 0.717) is 22.2 Å². The molecule has 1 aromatic heterocycles. The standard InChI is InChI=1S/C13H14Cl2N4O2/c1-18(2)13(20)21-12(6-19-8-16-7-17-19)10-4-3-9(14)5-11(10)15/h3-5,7-8,12H,6H2,1-2H3. The first-order chi connectivity index (χ1) is 9.97. The number of aromatic nitrogens is 3. The van der Waals surface area contributed by atoms with E-state index in [1.807, 2.05) is 0 Å². The highest BCUT2D eigenvalue weighted by molar-refractivity contribution is 6.35. The van der Waals surface area contributed by atoms with Crippen LogP contribution in [0.2, 0.25) is 10.0 Å². The topological polar surface area (TPSA) is 60.2 Å². The van der Waals surface area contributed by atoms with E-state index in [-0.39, 0.29) is 0 Å². The van der Waals surface area contributed by atoms with E-state index < -0.39 is 12.2 Å². The number of halogens is 2. The van der Waals surface area contributed by atoms with Crippen LogP contribution in [0.25, 0.3) is 0 Å². The van der Waals surface area contributed by atoms with Crippen LogP contribution in [0.5, 0.6) is 0 Å². The second-order valence-corrected chi connectivity index (χ2v) is 5.39. The number of hydrogen-bond acceptors (Lipinski definition) is 4. The predicted octanol–water partition coefficient (Wildman–Crippen LogP) is 3.02. The van der Waals surface area contributed by atoms with Gasteiger partial charge in [0.15, 0.2) is 0 Å². The molecule has 1 aromatic carbocycles. The lowest BCUT2D eigenvalue weighted by molar-refractivity contribution is 0.0637. The molecule has 0 aliphatic rings. The summed E-state index contributed by atoms with van der Waals surface area (Å²) in [6, 6.07) is 5.03. The Labute approximate surface area is 132 Å². The van der Waals surface area contributed by atoms with Gasteiger partial charge >= 0.3 is 6.09 Å². The van der Waals surface area contributed by atoms with Crippen molar-refractivity contribution in [1.29, 1.82) is 0 Å². The Hall–Kier alpha value is -1.79. The highest BCUT2D eigenvalue weighted by Gasteiger charge is 2.21. The first kappa shape index (κ1) is 15.6. The van der Waals surface area contributed by atoms with E-state index in [0.717, 1.165) is 0 Å². The highest BCUT2D eigenvalue weighted by Crippen LogP contribution is 2.29. The van der Waals surface area contributed by atoms with Crippen molar-refractivity contribution in [2.75, 3.05) is 14.1 Å². The van der Waals surface area contributed by atoms with Crippen LogP contribution in [-0.4, -0.2) is 39.9 Å². The molecule has 8 heteroatoms. The number of benzene rings is 1. The van der Waals surface area contributed by atoms with Crippen LogP contribution in [0.15, 0.2) is 30.9 Å². The fourth-order valence-electron chi connectivity index (χ4n) is 1.69. The van der Waals surface area contributed by atoms with Gasteiger partial charge in [-0.25, -0.2) is 14.5 Å². The lowest BCUT2D eigenvalue weighted by Gasteiger charge is -2.21. The van der Waals surface area contributed by atoms with E-state index in [1.165, 1.54) is 11.2 Å². The summed E-state index contributed by atoms with van der Waals surface area (Å²) in [7, 11) is 3.22. The molecule has 21 heavy (non-hydrogen) atoms. The van der Waals surface area contributed by atoms with Gasteiger partial charge in [-0.2, -0.15) is 5.10 Å². The summed E-state index contributed by atoms with van der Waals surface area (Å²) in [5.74, 6) is 0. The molecular formula is C13H14Cl2N4O2. The summed E-state index contributed by atoms with van der Waals surface area (Å²) >= 11 is 12.1. The molecule has 112 valence electrons. The molecule has 2 aromatic rings. The van der Waals surface area contributed by atoms with Gasteiger partial charge in [0.05, 0.1) is 6.54 Å². The second kappa shape index (κ2) is 6.78. The molecule has 0 aliphatic heterocycles. The van der Waals surface area contributed by atoms with Gasteiger partial charge in [-0.15, -0.1) is 0 Å². The zero-order valence-corrected chi connectivity index (χ0v) is 13.0. The van der Waals surface area contributed by atoms with Crippen molar-refractivity contribution >= 4 is 29.3 Å². The van der Waals surface area contributed by atoms with Crippen LogP contribution in [-0.2, 0) is 11.3 Å². The van der Waals surface area contributed by atoms with E-state index >= 15 is 0 Å². The monoisotopic (exact) mass is 328 g/mol. The minimum absolute atomic E-state index is 0.306. The highest BCUT2D eigenvalue weighted by atomic mass is 35.5. The fourth-order valence-corrected chi connectivity index (χ4v) is 2.22. The van der Waals surface area contributed by atoms with Gasteiger partial charge in [-0.1, -0.05) is 29.3 Å². The molecule has 0 bridgehead atoms. The number of hydrogen-bond donors (Lipinski definition) is 0. The minimum Gasteiger partial charge on any atom is -0.439 e. The molecule has 1 amide bonds. The van der Waals surface area contributed by atoms with E-state index in [1.54, 1.807) is 43.3 Å². The average molecular weight is 329 g/mol. The quantitative estimate of drug-likeness (QED) is 0.865. The third kappa shape index (κ3) is 4.09. The minimum atomic E-state index is -0.591. The van der Waals surface area contributed by atoms with Crippen molar-refractivity contribution in [2.45, 2.75) is 12.6 Å². The predicted molar refractivity (Wildman–Crippen MR) is 79.4 cm³/mol. The van der Waals surface area contributed by atoms with E-state index in [2.05, 4.69) is 10.1 Å². The van der Waals surface area contributed by atoms with Crippen LogP contribution in [0.3, 0.4) is 0 Å². The zero-order valence-electron chi connectivity index (χ0n) is 11.5. The van der Waals surface area contributed by atoms with Crippen molar-refractivity contribution in [3.8, 4) is 0 Å². The molecule has 0 N–H and O–H groups in total. The maximum absolute atomic E-state index is 11.8. The lowest BCUT2D eigenvalue weighted by atomic mass is 10.1. The van der Waals surface area contributed by atoms with Gasteiger partial charge in [-0.05, 0) is 12.1 Å². The number of carbonyl (C=O) groups excluding carboxylic acids is 1. The third-order valence-electron chi connectivity index (χ3n) is 2.74. The molecule has 0 aliphatic carbocycles. The SMILES string of the molecule is CN(C)C(=O)OC(Cn1cncn1)c1ccc(Cl)cc1Cl. The van der Waals surface area contributed by atoms with Crippen LogP contribution in [0, 0.1) is 0 Å². The Bertz CT molecular complexity index is 617. The number of carbonyl (C=O) groups is 1. The van der Waals surface area contributed by atoms with Gasteiger partial charge in [0, 0.05) is 29.7 Å². The Morgan fingerprint density at radius 2 is 2.19 bits per heavy atom. The number of nitrogens with zero attached hydrogens (tertiary/aromatic N) is 4. The summed E-state index contributed by atoms with van der Waals surface area (Å²) in [4.78, 5) is 17.0. The normalized spacial score (nSPS) is 12.0. The molecule has 1 atom stereocenters. The summed E-state index contributed by atoms with van der Waals surface area (Å²) < 4.78 is 7.03. The van der Waals surface area contributed by atoms with Gasteiger partial charge in [0.2, 0.25) is 0 Å². The molecule has 6 nitrogen and oxygen atoms in total. The molecular weight excluding hydrogens is 315 g/mol. The fraction of sp³-hybridized carbons (Fsp3) is 0.308. The van der Waals surface area contributed by atoms with Crippen molar-refractivity contribution < 1.29 is 9.53 Å². The first-order valence-corrected chi connectivity index (χ1v) is 6.88. The number of ether oxygens (including phenoxy) is 1. The van der Waals surface area contributed by atoms with Crippen molar-refractivity contribution in [3.05, 3.63) is 46.5 Å². The van der Waals surface area contributed by atoms with Crippen LogP contribution in [0.1, 0.15) is 11.7 Å². The summed E-state index contributed by atoms with van der Waals surface area (Å²) in [6.45, 7) is 0.306. The van der Waals surface area contributed by atoms with Crippen LogP contribution < -0.4 is 0 Å². The maximum atomic E-state index is 11.8. The van der Waals surface area contributed by atoms with Crippen molar-refractivity contribution in [1.82, 2.24) is 19.7 Å². The smallest absolute Gasteiger partial charge is 0.409 e.